The van der Waals surface area contributed by atoms with Gasteiger partial charge in [0, 0.05) is 18.1 Å². The Balaban J connectivity index is 2.80. The zero-order chi connectivity index (χ0) is 20.4. The van der Waals surface area contributed by atoms with Crippen LogP contribution >= 0.6 is 11.6 Å². The van der Waals surface area contributed by atoms with Crippen molar-refractivity contribution in [3.63, 3.8) is 0 Å². The first kappa shape index (κ1) is 23.4. The van der Waals surface area contributed by atoms with Crippen molar-refractivity contribution in [1.82, 2.24) is 10.6 Å². The minimum absolute atomic E-state index is 0.00981. The van der Waals surface area contributed by atoms with Crippen LogP contribution in [0.25, 0.3) is 0 Å². The maximum atomic E-state index is 12.8. The first-order chi connectivity index (χ1) is 12.7. The second-order valence-corrected chi connectivity index (χ2v) is 7.79. The molecule has 6 nitrogen and oxygen atoms in total. The van der Waals surface area contributed by atoms with E-state index in [1.54, 1.807) is 12.1 Å². The molecule has 0 aliphatic heterocycles. The number of amides is 2. The van der Waals surface area contributed by atoms with Crippen molar-refractivity contribution in [3.8, 4) is 0 Å². The molecule has 3 atom stereocenters. The van der Waals surface area contributed by atoms with Crippen LogP contribution < -0.4 is 16.0 Å². The summed E-state index contributed by atoms with van der Waals surface area (Å²) < 4.78 is 0. The van der Waals surface area contributed by atoms with Crippen LogP contribution in [-0.4, -0.2) is 47.5 Å². The Morgan fingerprint density at radius 1 is 1.07 bits per heavy atom. The number of nitrogens with one attached hydrogen (secondary N) is 3. The molecule has 0 saturated carbocycles. The SMILES string of the molecule is CC(C)C[C@H](NC(=O)[C@@H](NCC(O)CCl)C(C)C)C(=O)Nc1ccccc1. The fourth-order valence-electron chi connectivity index (χ4n) is 2.66. The maximum absolute atomic E-state index is 12.8. The van der Waals surface area contributed by atoms with Crippen LogP contribution in [0.15, 0.2) is 30.3 Å². The number of alkyl halides is 1. The number of carbonyl (C=O) groups is 2. The first-order valence-electron chi connectivity index (χ1n) is 9.38. The van der Waals surface area contributed by atoms with Gasteiger partial charge in [0.25, 0.3) is 0 Å². The Labute approximate surface area is 167 Å². The fraction of sp³-hybridized carbons (Fsp3) is 0.600. The minimum Gasteiger partial charge on any atom is -0.391 e. The summed E-state index contributed by atoms with van der Waals surface area (Å²) in [5.74, 6) is -0.188. The van der Waals surface area contributed by atoms with Gasteiger partial charge < -0.3 is 21.1 Å². The van der Waals surface area contributed by atoms with E-state index in [2.05, 4.69) is 16.0 Å². The summed E-state index contributed by atoms with van der Waals surface area (Å²) in [5.41, 5.74) is 0.689. The highest BCUT2D eigenvalue weighted by Crippen LogP contribution is 2.11. The smallest absolute Gasteiger partial charge is 0.246 e. The number of hydrogen-bond acceptors (Lipinski definition) is 4. The number of anilines is 1. The predicted octanol–water partition coefficient (Wildman–Crippen LogP) is 2.37. The van der Waals surface area contributed by atoms with E-state index in [-0.39, 0.29) is 36.1 Å². The molecule has 0 heterocycles. The van der Waals surface area contributed by atoms with Crippen molar-refractivity contribution in [2.24, 2.45) is 11.8 Å². The van der Waals surface area contributed by atoms with E-state index in [9.17, 15) is 14.7 Å². The normalized spacial score (nSPS) is 14.7. The van der Waals surface area contributed by atoms with E-state index >= 15 is 0 Å². The summed E-state index contributed by atoms with van der Waals surface area (Å²) in [5, 5.41) is 18.4. The molecular weight excluding hydrogens is 366 g/mol. The van der Waals surface area contributed by atoms with Crippen molar-refractivity contribution < 1.29 is 14.7 Å². The van der Waals surface area contributed by atoms with Crippen LogP contribution in [-0.2, 0) is 9.59 Å². The quantitative estimate of drug-likeness (QED) is 0.431. The van der Waals surface area contributed by atoms with Gasteiger partial charge in [-0.2, -0.15) is 0 Å². The fourth-order valence-corrected chi connectivity index (χ4v) is 2.77. The lowest BCUT2D eigenvalue weighted by Crippen LogP contribution is -2.54. The molecule has 0 aliphatic rings. The Morgan fingerprint density at radius 3 is 2.22 bits per heavy atom. The van der Waals surface area contributed by atoms with Gasteiger partial charge in [-0.1, -0.05) is 45.9 Å². The third kappa shape index (κ3) is 8.73. The largest absolute Gasteiger partial charge is 0.391 e. The number of halogens is 1. The number of aliphatic hydroxyl groups excluding tert-OH is 1. The van der Waals surface area contributed by atoms with Gasteiger partial charge in [-0.15, -0.1) is 11.6 Å². The Morgan fingerprint density at radius 2 is 1.70 bits per heavy atom. The molecule has 0 spiro atoms. The van der Waals surface area contributed by atoms with Crippen molar-refractivity contribution in [1.29, 1.82) is 0 Å². The van der Waals surface area contributed by atoms with Gasteiger partial charge in [-0.3, -0.25) is 9.59 Å². The summed E-state index contributed by atoms with van der Waals surface area (Å²) in [6.07, 6.45) is -0.201. The van der Waals surface area contributed by atoms with Gasteiger partial charge in [0.1, 0.15) is 6.04 Å². The number of rotatable bonds is 11. The number of para-hydroxylation sites is 1. The van der Waals surface area contributed by atoms with E-state index in [0.717, 1.165) is 0 Å². The molecule has 0 aromatic heterocycles. The summed E-state index contributed by atoms with van der Waals surface area (Å²) in [7, 11) is 0. The van der Waals surface area contributed by atoms with Crippen molar-refractivity contribution in [2.75, 3.05) is 17.7 Å². The lowest BCUT2D eigenvalue weighted by atomic mass is 9.99. The van der Waals surface area contributed by atoms with Gasteiger partial charge >= 0.3 is 0 Å². The highest BCUT2D eigenvalue weighted by Gasteiger charge is 2.28. The number of benzene rings is 1. The molecule has 0 bridgehead atoms. The van der Waals surface area contributed by atoms with E-state index in [1.807, 2.05) is 45.9 Å². The molecule has 2 amide bonds. The van der Waals surface area contributed by atoms with Crippen LogP contribution in [0.4, 0.5) is 5.69 Å². The van der Waals surface area contributed by atoms with E-state index in [1.165, 1.54) is 0 Å². The average Bonchev–Trinajstić information content (AvgIpc) is 2.61. The van der Waals surface area contributed by atoms with Crippen LogP contribution in [0.1, 0.15) is 34.1 Å². The lowest BCUT2D eigenvalue weighted by molar-refractivity contribution is -0.129. The highest BCUT2D eigenvalue weighted by atomic mass is 35.5. The zero-order valence-corrected chi connectivity index (χ0v) is 17.3. The van der Waals surface area contributed by atoms with Gasteiger partial charge in [0.15, 0.2) is 0 Å². The molecule has 1 aromatic carbocycles. The minimum atomic E-state index is -0.728. The molecule has 1 unspecified atom stereocenters. The van der Waals surface area contributed by atoms with Crippen LogP contribution in [0, 0.1) is 11.8 Å². The van der Waals surface area contributed by atoms with Gasteiger partial charge in [0.2, 0.25) is 11.8 Å². The second-order valence-electron chi connectivity index (χ2n) is 7.48. The van der Waals surface area contributed by atoms with Crippen LogP contribution in [0.2, 0.25) is 0 Å². The Kier molecular flexibility index (Phi) is 10.4. The van der Waals surface area contributed by atoms with Gasteiger partial charge in [0.05, 0.1) is 12.1 Å². The molecule has 0 fully saturated rings. The molecule has 1 rings (SSSR count). The maximum Gasteiger partial charge on any atom is 0.246 e. The summed E-state index contributed by atoms with van der Waals surface area (Å²) in [6.45, 7) is 8.04. The molecule has 0 aliphatic carbocycles. The van der Waals surface area contributed by atoms with Crippen molar-refractivity contribution in [2.45, 2.75) is 52.3 Å². The van der Waals surface area contributed by atoms with Gasteiger partial charge in [-0.25, -0.2) is 0 Å². The van der Waals surface area contributed by atoms with Gasteiger partial charge in [-0.05, 0) is 30.4 Å². The number of aliphatic hydroxyl groups is 1. The highest BCUT2D eigenvalue weighted by molar-refractivity contribution is 6.18. The van der Waals surface area contributed by atoms with E-state index in [0.29, 0.717) is 12.1 Å². The first-order valence-corrected chi connectivity index (χ1v) is 9.91. The van der Waals surface area contributed by atoms with Crippen molar-refractivity contribution >= 4 is 29.1 Å². The number of hydrogen-bond donors (Lipinski definition) is 4. The molecule has 1 aromatic rings. The lowest BCUT2D eigenvalue weighted by Gasteiger charge is -2.26. The molecule has 27 heavy (non-hydrogen) atoms. The van der Waals surface area contributed by atoms with E-state index in [4.69, 9.17) is 11.6 Å². The van der Waals surface area contributed by atoms with Crippen LogP contribution in [0.3, 0.4) is 0 Å². The summed E-state index contributed by atoms with van der Waals surface area (Å²) >= 11 is 5.61. The average molecular weight is 398 g/mol. The monoisotopic (exact) mass is 397 g/mol. The van der Waals surface area contributed by atoms with Crippen molar-refractivity contribution in [3.05, 3.63) is 30.3 Å². The number of carbonyl (C=O) groups excluding carboxylic acids is 2. The van der Waals surface area contributed by atoms with Crippen LogP contribution in [0.5, 0.6) is 0 Å². The third-order valence-electron chi connectivity index (χ3n) is 4.08. The third-order valence-corrected chi connectivity index (χ3v) is 4.44. The zero-order valence-electron chi connectivity index (χ0n) is 16.5. The summed E-state index contributed by atoms with van der Waals surface area (Å²) in [6, 6.07) is 7.99. The predicted molar refractivity (Wildman–Crippen MR) is 110 cm³/mol. The Bertz CT molecular complexity index is 581. The molecule has 0 saturated heterocycles. The standard InChI is InChI=1S/C20H32ClN3O3/c1-13(2)10-17(19(26)23-15-8-6-5-7-9-15)24-20(27)18(14(3)4)22-12-16(25)11-21/h5-9,13-14,16-18,22,25H,10-12H2,1-4H3,(H,23,26)(H,24,27)/t16?,17-,18-/m0/s1. The Hall–Kier alpha value is -1.63. The molecule has 4 N–H and O–H groups in total. The second kappa shape index (κ2) is 12.0. The topological polar surface area (TPSA) is 90.5 Å². The summed E-state index contributed by atoms with van der Waals surface area (Å²) in [4.78, 5) is 25.5. The van der Waals surface area contributed by atoms with E-state index < -0.39 is 18.2 Å². The molecular formula is C20H32ClN3O3. The molecule has 7 heteroatoms. The molecule has 0 radical (unpaired) electrons. The molecule has 152 valence electrons.